The van der Waals surface area contributed by atoms with Gasteiger partial charge in [0.05, 0.1) is 24.1 Å². The number of aryl methyl sites for hydroxylation is 1. The van der Waals surface area contributed by atoms with Crippen LogP contribution in [0.15, 0.2) is 72.3 Å². The van der Waals surface area contributed by atoms with Gasteiger partial charge in [-0.2, -0.15) is 0 Å². The van der Waals surface area contributed by atoms with E-state index in [0.29, 0.717) is 28.1 Å². The number of carboxylic acid groups (broad SMARTS) is 1. The molecule has 4 rings (SSSR count). The van der Waals surface area contributed by atoms with Crippen molar-refractivity contribution >= 4 is 34.8 Å². The number of amides is 1. The maximum atomic E-state index is 13.5. The molecular weight excluding hydrogens is 496 g/mol. The molecule has 2 N–H and O–H groups in total. The van der Waals surface area contributed by atoms with Gasteiger partial charge in [0, 0.05) is 31.0 Å². The van der Waals surface area contributed by atoms with E-state index in [2.05, 4.69) is 0 Å². The maximum Gasteiger partial charge on any atom is 0.307 e. The predicted octanol–water partition coefficient (Wildman–Crippen LogP) is 5.10. The van der Waals surface area contributed by atoms with E-state index in [4.69, 9.17) is 9.84 Å². The first-order chi connectivity index (χ1) is 18.5. The van der Waals surface area contributed by atoms with E-state index >= 15 is 0 Å². The number of carboxylic acids is 1. The molecule has 3 aromatic carbocycles. The van der Waals surface area contributed by atoms with Crippen LogP contribution in [-0.2, 0) is 20.8 Å². The van der Waals surface area contributed by atoms with Crippen molar-refractivity contribution in [3.05, 3.63) is 94.6 Å². The van der Waals surface area contributed by atoms with Crippen LogP contribution in [0.5, 0.6) is 5.75 Å². The molecule has 0 aromatic heterocycles. The van der Waals surface area contributed by atoms with Gasteiger partial charge in [-0.05, 0) is 79.9 Å². The molecule has 1 aliphatic heterocycles. The number of rotatable bonds is 8. The van der Waals surface area contributed by atoms with Crippen molar-refractivity contribution in [1.29, 1.82) is 0 Å². The second kappa shape index (κ2) is 11.0. The first-order valence-electron chi connectivity index (χ1n) is 12.6. The minimum absolute atomic E-state index is 0.0239. The molecule has 0 saturated carbocycles. The van der Waals surface area contributed by atoms with Crippen molar-refractivity contribution in [1.82, 2.24) is 0 Å². The van der Waals surface area contributed by atoms with Gasteiger partial charge in [0.25, 0.3) is 11.7 Å². The monoisotopic (exact) mass is 528 g/mol. The minimum atomic E-state index is -0.968. The summed E-state index contributed by atoms with van der Waals surface area (Å²) in [5.41, 5.74) is 3.72. The van der Waals surface area contributed by atoms with Crippen molar-refractivity contribution in [2.45, 2.75) is 39.3 Å². The highest BCUT2D eigenvalue weighted by atomic mass is 16.5. The lowest BCUT2D eigenvalue weighted by molar-refractivity contribution is -0.136. The summed E-state index contributed by atoms with van der Waals surface area (Å²) < 4.78 is 5.81. The number of carbonyl (C=O) groups excluding carboxylic acids is 2. The first-order valence-corrected chi connectivity index (χ1v) is 12.6. The van der Waals surface area contributed by atoms with Crippen LogP contribution in [0.1, 0.15) is 42.1 Å². The summed E-state index contributed by atoms with van der Waals surface area (Å²) in [6, 6.07) is 18.1. The Bertz CT molecular complexity index is 1440. The van der Waals surface area contributed by atoms with E-state index in [9.17, 15) is 19.5 Å². The van der Waals surface area contributed by atoms with Crippen molar-refractivity contribution < 1.29 is 29.3 Å². The normalized spacial score (nSPS) is 16.6. The summed E-state index contributed by atoms with van der Waals surface area (Å²) in [6.45, 7) is 5.69. The summed E-state index contributed by atoms with van der Waals surface area (Å²) >= 11 is 0. The Labute approximate surface area is 227 Å². The summed E-state index contributed by atoms with van der Waals surface area (Å²) in [5, 5.41) is 20.6. The third-order valence-electron chi connectivity index (χ3n) is 6.55. The summed E-state index contributed by atoms with van der Waals surface area (Å²) in [4.78, 5) is 41.3. The highest BCUT2D eigenvalue weighted by Crippen LogP contribution is 2.43. The molecule has 39 heavy (non-hydrogen) atoms. The number of aliphatic hydroxyl groups is 1. The van der Waals surface area contributed by atoms with Gasteiger partial charge >= 0.3 is 5.97 Å². The first kappa shape index (κ1) is 27.4. The Hall–Kier alpha value is -4.59. The third-order valence-corrected chi connectivity index (χ3v) is 6.55. The quantitative estimate of drug-likeness (QED) is 0.238. The van der Waals surface area contributed by atoms with Gasteiger partial charge in [-0.15, -0.1) is 0 Å². The average Bonchev–Trinajstić information content (AvgIpc) is 3.15. The number of ether oxygens (including phenoxy) is 1. The van der Waals surface area contributed by atoms with Crippen LogP contribution >= 0.6 is 0 Å². The third kappa shape index (κ3) is 5.65. The van der Waals surface area contributed by atoms with Crippen LogP contribution in [0.4, 0.5) is 11.4 Å². The second-order valence-electron chi connectivity index (χ2n) is 10.0. The maximum absolute atomic E-state index is 13.5. The van der Waals surface area contributed by atoms with E-state index in [0.717, 1.165) is 11.3 Å². The molecule has 0 spiro atoms. The zero-order chi connectivity index (χ0) is 28.4. The number of aliphatic hydroxyl groups excluding tert-OH is 1. The van der Waals surface area contributed by atoms with Gasteiger partial charge in [0.2, 0.25) is 0 Å². The van der Waals surface area contributed by atoms with Crippen molar-refractivity contribution in [3.63, 3.8) is 0 Å². The Kier molecular flexibility index (Phi) is 7.76. The van der Waals surface area contributed by atoms with Crippen LogP contribution in [0.3, 0.4) is 0 Å². The van der Waals surface area contributed by atoms with Crippen LogP contribution in [0, 0.1) is 6.92 Å². The largest absolute Gasteiger partial charge is 0.507 e. The SMILES string of the molecule is Cc1cc(/C(O)=C2/C(=O)C(=O)N(c3ccc(CC(=O)O)cc3)C2c2ccc(N(C)C)cc2)ccc1OC(C)C. The molecule has 0 bridgehead atoms. The fraction of sp³-hybridized carbons (Fsp3) is 0.258. The Balaban J connectivity index is 1.85. The molecule has 8 heteroatoms. The van der Waals surface area contributed by atoms with Gasteiger partial charge < -0.3 is 19.8 Å². The molecule has 1 amide bonds. The van der Waals surface area contributed by atoms with E-state index < -0.39 is 23.7 Å². The lowest BCUT2D eigenvalue weighted by Crippen LogP contribution is -2.29. The van der Waals surface area contributed by atoms with Gasteiger partial charge in [-0.25, -0.2) is 0 Å². The zero-order valence-electron chi connectivity index (χ0n) is 22.6. The molecule has 1 fully saturated rings. The predicted molar refractivity (Wildman–Crippen MR) is 150 cm³/mol. The number of hydrogen-bond donors (Lipinski definition) is 2. The van der Waals surface area contributed by atoms with Crippen molar-refractivity contribution in [3.8, 4) is 5.75 Å². The number of Topliss-reactive ketones (excluding diaryl/α,β-unsaturated/α-hetero) is 1. The Morgan fingerprint density at radius 3 is 2.15 bits per heavy atom. The number of anilines is 2. The minimum Gasteiger partial charge on any atom is -0.507 e. The average molecular weight is 529 g/mol. The molecule has 0 aliphatic carbocycles. The fourth-order valence-corrected chi connectivity index (χ4v) is 4.66. The van der Waals surface area contributed by atoms with Crippen molar-refractivity contribution in [2.75, 3.05) is 23.9 Å². The van der Waals surface area contributed by atoms with E-state index in [-0.39, 0.29) is 23.9 Å². The summed E-state index contributed by atoms with van der Waals surface area (Å²) in [5.74, 6) is -2.16. The number of ketones is 1. The van der Waals surface area contributed by atoms with E-state index in [1.165, 1.54) is 4.90 Å². The Morgan fingerprint density at radius 2 is 1.62 bits per heavy atom. The van der Waals surface area contributed by atoms with E-state index in [1.807, 2.05) is 64.0 Å². The molecule has 1 saturated heterocycles. The standard InChI is InChI=1S/C31H32N2O6/c1-18(2)39-25-15-10-22(16-19(25)3)29(36)27-28(21-8-13-23(14-9-21)32(4)5)33(31(38)30(27)37)24-11-6-20(7-12-24)17-26(34)35/h6-16,18,28,36H,17H2,1-5H3,(H,34,35)/b29-27-. The summed E-state index contributed by atoms with van der Waals surface area (Å²) in [6.07, 6.45) is -0.190. The molecule has 0 radical (unpaired) electrons. The van der Waals surface area contributed by atoms with Crippen LogP contribution in [0.2, 0.25) is 0 Å². The Morgan fingerprint density at radius 1 is 0.974 bits per heavy atom. The zero-order valence-corrected chi connectivity index (χ0v) is 22.6. The number of nitrogens with zero attached hydrogens (tertiary/aromatic N) is 2. The highest BCUT2D eigenvalue weighted by Gasteiger charge is 2.47. The van der Waals surface area contributed by atoms with Gasteiger partial charge in [0.1, 0.15) is 11.5 Å². The topological polar surface area (TPSA) is 107 Å². The number of carbonyl (C=O) groups is 3. The summed E-state index contributed by atoms with van der Waals surface area (Å²) in [7, 11) is 3.82. The molecule has 202 valence electrons. The highest BCUT2D eigenvalue weighted by molar-refractivity contribution is 6.51. The smallest absolute Gasteiger partial charge is 0.307 e. The molecule has 1 aliphatic rings. The van der Waals surface area contributed by atoms with Crippen LogP contribution < -0.4 is 14.5 Å². The van der Waals surface area contributed by atoms with Gasteiger partial charge in [0.15, 0.2) is 0 Å². The fourth-order valence-electron chi connectivity index (χ4n) is 4.66. The second-order valence-corrected chi connectivity index (χ2v) is 10.0. The van der Waals surface area contributed by atoms with Gasteiger partial charge in [-0.1, -0.05) is 24.3 Å². The molecular formula is C31H32N2O6. The number of benzene rings is 3. The number of hydrogen-bond acceptors (Lipinski definition) is 6. The lowest BCUT2D eigenvalue weighted by Gasteiger charge is -2.26. The molecule has 1 atom stereocenters. The molecule has 1 heterocycles. The molecule has 8 nitrogen and oxygen atoms in total. The van der Waals surface area contributed by atoms with Crippen LogP contribution in [-0.4, -0.2) is 48.1 Å². The van der Waals surface area contributed by atoms with Crippen molar-refractivity contribution in [2.24, 2.45) is 0 Å². The molecule has 1 unspecified atom stereocenters. The van der Waals surface area contributed by atoms with Crippen LogP contribution in [0.25, 0.3) is 5.76 Å². The molecule has 3 aromatic rings. The van der Waals surface area contributed by atoms with E-state index in [1.54, 1.807) is 42.5 Å². The number of aliphatic carboxylic acids is 1. The lowest BCUT2D eigenvalue weighted by atomic mass is 9.94. The van der Waals surface area contributed by atoms with Gasteiger partial charge in [-0.3, -0.25) is 19.3 Å².